The van der Waals surface area contributed by atoms with Crippen LogP contribution >= 0.6 is 0 Å². The summed E-state index contributed by atoms with van der Waals surface area (Å²) in [4.78, 5) is 0. The first kappa shape index (κ1) is 20.5. The van der Waals surface area contributed by atoms with Crippen molar-refractivity contribution in [1.29, 1.82) is 0 Å². The van der Waals surface area contributed by atoms with Gasteiger partial charge in [-0.3, -0.25) is 0 Å². The normalized spacial score (nSPS) is 10.5. The molecule has 0 atom stereocenters. The number of benzene rings is 4. The minimum absolute atomic E-state index is 0.462. The molecule has 3 heteroatoms. The average molecular weight is 411 g/mol. The molecule has 4 aromatic rings. The first-order valence-corrected chi connectivity index (χ1v) is 10.4. The molecule has 0 fully saturated rings. The fourth-order valence-electron chi connectivity index (χ4n) is 3.29. The van der Waals surface area contributed by atoms with Crippen LogP contribution in [0.2, 0.25) is 0 Å². The van der Waals surface area contributed by atoms with E-state index in [2.05, 4.69) is 24.3 Å². The van der Waals surface area contributed by atoms with E-state index in [-0.39, 0.29) is 0 Å². The summed E-state index contributed by atoms with van der Waals surface area (Å²) in [5, 5.41) is 0. The molecule has 0 N–H and O–H groups in total. The summed E-state index contributed by atoms with van der Waals surface area (Å²) in [5.74, 6) is 2.19. The van der Waals surface area contributed by atoms with E-state index >= 15 is 0 Å². The van der Waals surface area contributed by atoms with E-state index in [0.29, 0.717) is 25.6 Å². The molecule has 31 heavy (non-hydrogen) atoms. The van der Waals surface area contributed by atoms with E-state index in [4.69, 9.17) is 14.2 Å². The molecule has 0 aliphatic carbocycles. The number of rotatable bonds is 9. The van der Waals surface area contributed by atoms with Crippen molar-refractivity contribution < 1.29 is 14.2 Å². The van der Waals surface area contributed by atoms with Gasteiger partial charge >= 0.3 is 0 Å². The molecule has 0 saturated heterocycles. The molecule has 156 valence electrons. The Morgan fingerprint density at radius 3 is 1.48 bits per heavy atom. The van der Waals surface area contributed by atoms with Gasteiger partial charge in [0.05, 0.1) is 0 Å². The summed E-state index contributed by atoms with van der Waals surface area (Å²) in [6.45, 7) is 3.46. The lowest BCUT2D eigenvalue weighted by molar-refractivity contribution is 0.250. The van der Waals surface area contributed by atoms with Crippen molar-refractivity contribution in [2.75, 3.05) is 0 Å². The third kappa shape index (κ3) is 5.89. The molecule has 0 aromatic heterocycles. The lowest BCUT2D eigenvalue weighted by Crippen LogP contribution is -2.03. The molecule has 0 heterocycles. The maximum absolute atomic E-state index is 6.18. The third-order valence-electron chi connectivity index (χ3n) is 4.93. The minimum atomic E-state index is 0.462. The van der Waals surface area contributed by atoms with Crippen molar-refractivity contribution in [2.24, 2.45) is 0 Å². The Morgan fingerprint density at radius 2 is 0.968 bits per heavy atom. The fraction of sp³-hybridized carbons (Fsp3) is 0.143. The quantitative estimate of drug-likeness (QED) is 0.306. The molecule has 0 amide bonds. The van der Waals surface area contributed by atoms with Crippen LogP contribution in [0.4, 0.5) is 0 Å². The molecule has 0 aliphatic heterocycles. The van der Waals surface area contributed by atoms with Gasteiger partial charge in [-0.25, -0.2) is 0 Å². The Morgan fingerprint density at radius 1 is 0.516 bits per heavy atom. The van der Waals surface area contributed by atoms with Gasteiger partial charge in [0.15, 0.2) is 11.5 Å². The van der Waals surface area contributed by atoms with E-state index in [1.165, 1.54) is 0 Å². The summed E-state index contributed by atoms with van der Waals surface area (Å²) >= 11 is 0. The minimum Gasteiger partial charge on any atom is -0.489 e. The van der Waals surface area contributed by atoms with Crippen LogP contribution in [0.3, 0.4) is 0 Å². The zero-order valence-electron chi connectivity index (χ0n) is 17.7. The van der Waals surface area contributed by atoms with Gasteiger partial charge in [-0.05, 0) is 35.2 Å². The number of ether oxygens (including phenoxy) is 3. The highest BCUT2D eigenvalue weighted by molar-refractivity contribution is 5.51. The monoisotopic (exact) mass is 410 g/mol. The molecule has 4 aromatic carbocycles. The van der Waals surface area contributed by atoms with Gasteiger partial charge in [-0.1, -0.05) is 91.0 Å². The van der Waals surface area contributed by atoms with Gasteiger partial charge in [-0.15, -0.1) is 0 Å². The third-order valence-corrected chi connectivity index (χ3v) is 4.93. The molecule has 0 aliphatic rings. The fourth-order valence-corrected chi connectivity index (χ4v) is 3.29. The molecular weight excluding hydrogens is 384 g/mol. The first-order chi connectivity index (χ1) is 15.3. The molecule has 0 radical (unpaired) electrons. The van der Waals surface area contributed by atoms with Gasteiger partial charge in [0.2, 0.25) is 0 Å². The smallest absolute Gasteiger partial charge is 0.165 e. The van der Waals surface area contributed by atoms with E-state index in [9.17, 15) is 0 Å². The van der Waals surface area contributed by atoms with E-state index in [1.54, 1.807) is 0 Å². The average Bonchev–Trinajstić information content (AvgIpc) is 2.82. The summed E-state index contributed by atoms with van der Waals surface area (Å²) in [5.41, 5.74) is 4.31. The standard InChI is InChI=1S/C28H26O3/c1-22-17-26(29-19-23-11-5-2-6-12-23)18-27(30-20-24-13-7-3-8-14-24)28(22)31-21-25-15-9-4-10-16-25/h2-18H,19-21H2,1H3. The highest BCUT2D eigenvalue weighted by Crippen LogP contribution is 2.37. The highest BCUT2D eigenvalue weighted by atomic mass is 16.5. The van der Waals surface area contributed by atoms with Crippen molar-refractivity contribution in [2.45, 2.75) is 26.7 Å². The van der Waals surface area contributed by atoms with Crippen molar-refractivity contribution in [3.63, 3.8) is 0 Å². The molecule has 0 saturated carbocycles. The van der Waals surface area contributed by atoms with Crippen LogP contribution in [0, 0.1) is 6.92 Å². The number of hydrogen-bond acceptors (Lipinski definition) is 3. The molecule has 0 bridgehead atoms. The topological polar surface area (TPSA) is 27.7 Å². The van der Waals surface area contributed by atoms with Crippen LogP contribution in [0.1, 0.15) is 22.3 Å². The van der Waals surface area contributed by atoms with Gasteiger partial charge in [0.25, 0.3) is 0 Å². The van der Waals surface area contributed by atoms with Gasteiger partial charge in [0.1, 0.15) is 25.6 Å². The largest absolute Gasteiger partial charge is 0.489 e. The van der Waals surface area contributed by atoms with Crippen molar-refractivity contribution in [1.82, 2.24) is 0 Å². The molecule has 3 nitrogen and oxygen atoms in total. The predicted octanol–water partition coefficient (Wildman–Crippen LogP) is 6.73. The Balaban J connectivity index is 1.54. The Hall–Kier alpha value is -3.72. The Kier molecular flexibility index (Phi) is 6.86. The molecule has 0 unspecified atom stereocenters. The second kappa shape index (κ2) is 10.4. The summed E-state index contributed by atoms with van der Waals surface area (Å²) in [6, 6.07) is 34.3. The van der Waals surface area contributed by atoms with Crippen LogP contribution in [-0.4, -0.2) is 0 Å². The van der Waals surface area contributed by atoms with Gasteiger partial charge in [0, 0.05) is 6.07 Å². The highest BCUT2D eigenvalue weighted by Gasteiger charge is 2.13. The summed E-state index contributed by atoms with van der Waals surface area (Å²) in [6.07, 6.45) is 0. The van der Waals surface area contributed by atoms with Crippen molar-refractivity contribution in [3.05, 3.63) is 125 Å². The summed E-state index contributed by atoms with van der Waals surface area (Å²) in [7, 11) is 0. The molecule has 4 rings (SSSR count). The molecular formula is C28H26O3. The Bertz CT molecular complexity index is 1080. The maximum atomic E-state index is 6.18. The van der Waals surface area contributed by atoms with Crippen LogP contribution in [0.25, 0.3) is 0 Å². The first-order valence-electron chi connectivity index (χ1n) is 10.4. The SMILES string of the molecule is Cc1cc(OCc2ccccc2)cc(OCc2ccccc2)c1OCc1ccccc1. The lowest BCUT2D eigenvalue weighted by Gasteiger charge is -2.17. The lowest BCUT2D eigenvalue weighted by atomic mass is 10.2. The second-order valence-electron chi connectivity index (χ2n) is 7.39. The number of hydrogen-bond donors (Lipinski definition) is 0. The van der Waals surface area contributed by atoms with Gasteiger partial charge in [-0.2, -0.15) is 0 Å². The number of aryl methyl sites for hydroxylation is 1. The zero-order chi connectivity index (χ0) is 21.3. The van der Waals surface area contributed by atoms with Crippen molar-refractivity contribution >= 4 is 0 Å². The predicted molar refractivity (Wildman–Crippen MR) is 124 cm³/mol. The van der Waals surface area contributed by atoms with Crippen LogP contribution in [0.15, 0.2) is 103 Å². The zero-order valence-corrected chi connectivity index (χ0v) is 17.7. The van der Waals surface area contributed by atoms with Crippen LogP contribution < -0.4 is 14.2 Å². The maximum Gasteiger partial charge on any atom is 0.165 e. The van der Waals surface area contributed by atoms with Crippen LogP contribution in [-0.2, 0) is 19.8 Å². The van der Waals surface area contributed by atoms with E-state index in [0.717, 1.165) is 33.8 Å². The summed E-state index contributed by atoms with van der Waals surface area (Å²) < 4.78 is 18.4. The molecule has 0 spiro atoms. The van der Waals surface area contributed by atoms with E-state index < -0.39 is 0 Å². The van der Waals surface area contributed by atoms with E-state index in [1.807, 2.05) is 85.8 Å². The second-order valence-corrected chi connectivity index (χ2v) is 7.39. The van der Waals surface area contributed by atoms with Crippen molar-refractivity contribution in [3.8, 4) is 17.2 Å². The van der Waals surface area contributed by atoms with Crippen LogP contribution in [0.5, 0.6) is 17.2 Å². The Labute approximate surface area is 183 Å². The van der Waals surface area contributed by atoms with Gasteiger partial charge < -0.3 is 14.2 Å².